The van der Waals surface area contributed by atoms with Gasteiger partial charge in [0.25, 0.3) is 0 Å². The maximum absolute atomic E-state index is 11.9. The Morgan fingerprint density at radius 2 is 1.83 bits per heavy atom. The number of benzene rings is 2. The molecular weight excluding hydrogens is 368 g/mol. The van der Waals surface area contributed by atoms with E-state index in [0.29, 0.717) is 18.0 Å². The Kier molecular flexibility index (Phi) is 8.97. The van der Waals surface area contributed by atoms with Crippen molar-refractivity contribution in [2.75, 3.05) is 27.4 Å². The van der Waals surface area contributed by atoms with Gasteiger partial charge in [-0.15, -0.1) is 6.58 Å². The van der Waals surface area contributed by atoms with Crippen LogP contribution in [-0.4, -0.2) is 33.4 Å². The molecule has 0 aliphatic rings. The number of hydrogen-bond acceptors (Lipinski definition) is 4. The molecule has 0 aliphatic heterocycles. The van der Waals surface area contributed by atoms with E-state index in [4.69, 9.17) is 14.2 Å². The van der Waals surface area contributed by atoms with Gasteiger partial charge in [0.15, 0.2) is 11.5 Å². The fraction of sp³-hybridized carbons (Fsp3) is 0.261. The van der Waals surface area contributed by atoms with Crippen molar-refractivity contribution in [1.29, 1.82) is 0 Å². The maximum atomic E-state index is 11.9. The lowest BCUT2D eigenvalue weighted by Gasteiger charge is -2.10. The summed E-state index contributed by atoms with van der Waals surface area (Å²) in [6, 6.07) is 13.0. The number of rotatable bonds is 9. The van der Waals surface area contributed by atoms with Crippen LogP contribution in [0.5, 0.6) is 17.2 Å². The summed E-state index contributed by atoms with van der Waals surface area (Å²) in [5.74, 6) is 7.81. The zero-order valence-corrected chi connectivity index (χ0v) is 16.8. The van der Waals surface area contributed by atoms with E-state index in [9.17, 15) is 4.79 Å². The summed E-state index contributed by atoms with van der Waals surface area (Å²) in [5.41, 5.74) is 1.97. The zero-order chi connectivity index (χ0) is 20.9. The molecule has 0 atom stereocenters. The Bertz CT molecular complexity index is 884. The van der Waals surface area contributed by atoms with Gasteiger partial charge >= 0.3 is 6.03 Å². The Labute approximate surface area is 171 Å². The third-order valence-electron chi connectivity index (χ3n) is 4.00. The van der Waals surface area contributed by atoms with E-state index in [1.807, 2.05) is 42.5 Å². The van der Waals surface area contributed by atoms with Crippen LogP contribution in [0.1, 0.15) is 11.1 Å². The highest BCUT2D eigenvalue weighted by Crippen LogP contribution is 2.27. The van der Waals surface area contributed by atoms with E-state index in [2.05, 4.69) is 29.1 Å². The number of carbonyl (C=O) groups excluding carboxylic acids is 1. The Balaban J connectivity index is 1.71. The summed E-state index contributed by atoms with van der Waals surface area (Å²) >= 11 is 0. The molecule has 0 saturated carbocycles. The first kappa shape index (κ1) is 21.7. The van der Waals surface area contributed by atoms with Crippen LogP contribution in [0.25, 0.3) is 0 Å². The quantitative estimate of drug-likeness (QED) is 0.506. The van der Waals surface area contributed by atoms with Crippen molar-refractivity contribution in [3.8, 4) is 29.1 Å². The van der Waals surface area contributed by atoms with Crippen LogP contribution in [0.3, 0.4) is 0 Å². The number of hydrogen-bond donors (Lipinski definition) is 2. The monoisotopic (exact) mass is 394 g/mol. The molecule has 6 nitrogen and oxygen atoms in total. The van der Waals surface area contributed by atoms with Crippen molar-refractivity contribution in [1.82, 2.24) is 10.6 Å². The van der Waals surface area contributed by atoms with Gasteiger partial charge in [-0.1, -0.05) is 42.2 Å². The number of nitrogens with one attached hydrogen (secondary N) is 2. The second kappa shape index (κ2) is 12.0. The minimum absolute atomic E-state index is 0.232. The molecule has 2 aromatic rings. The largest absolute Gasteiger partial charge is 0.493 e. The first-order valence-electron chi connectivity index (χ1n) is 9.17. The van der Waals surface area contributed by atoms with Crippen molar-refractivity contribution < 1.29 is 19.0 Å². The highest BCUT2D eigenvalue weighted by atomic mass is 16.5. The van der Waals surface area contributed by atoms with Gasteiger partial charge in [0.05, 0.1) is 20.8 Å². The summed E-state index contributed by atoms with van der Waals surface area (Å²) < 4.78 is 16.1. The van der Waals surface area contributed by atoms with Crippen molar-refractivity contribution >= 4 is 6.03 Å². The lowest BCUT2D eigenvalue weighted by Crippen LogP contribution is -2.35. The third kappa shape index (κ3) is 7.15. The molecule has 29 heavy (non-hydrogen) atoms. The lowest BCUT2D eigenvalue weighted by molar-refractivity contribution is 0.241. The Hall–Kier alpha value is -3.59. The van der Waals surface area contributed by atoms with Crippen LogP contribution in [0, 0.1) is 11.8 Å². The Morgan fingerprint density at radius 1 is 1.03 bits per heavy atom. The predicted octanol–water partition coefficient (Wildman–Crippen LogP) is 3.31. The third-order valence-corrected chi connectivity index (χ3v) is 4.00. The summed E-state index contributed by atoms with van der Waals surface area (Å²) in [6.45, 7) is 4.59. The maximum Gasteiger partial charge on any atom is 0.315 e. The fourth-order valence-corrected chi connectivity index (χ4v) is 2.56. The second-order valence-electron chi connectivity index (χ2n) is 5.97. The molecule has 6 heteroatoms. The van der Waals surface area contributed by atoms with Crippen LogP contribution in [0.4, 0.5) is 4.79 Å². The smallest absolute Gasteiger partial charge is 0.315 e. The van der Waals surface area contributed by atoms with E-state index in [1.54, 1.807) is 20.3 Å². The van der Waals surface area contributed by atoms with Gasteiger partial charge in [-0.2, -0.15) is 0 Å². The molecule has 0 bridgehead atoms. The number of allylic oxidation sites excluding steroid dienone is 1. The van der Waals surface area contributed by atoms with E-state index < -0.39 is 0 Å². The molecule has 0 unspecified atom stereocenters. The average molecular weight is 394 g/mol. The molecule has 2 aromatic carbocycles. The molecule has 0 aliphatic carbocycles. The summed E-state index contributed by atoms with van der Waals surface area (Å²) in [6.07, 6.45) is 2.57. The molecule has 0 aromatic heterocycles. The second-order valence-corrected chi connectivity index (χ2v) is 5.97. The van der Waals surface area contributed by atoms with Crippen molar-refractivity contribution in [3.63, 3.8) is 0 Å². The van der Waals surface area contributed by atoms with Crippen LogP contribution < -0.4 is 24.8 Å². The molecule has 0 radical (unpaired) electrons. The lowest BCUT2D eigenvalue weighted by atomic mass is 10.1. The molecule has 152 valence electrons. The van der Waals surface area contributed by atoms with Gasteiger partial charge in [-0.25, -0.2) is 4.79 Å². The molecule has 2 rings (SSSR count). The first-order valence-corrected chi connectivity index (χ1v) is 9.17. The molecule has 2 N–H and O–H groups in total. The number of amides is 2. The number of methoxy groups -OCH3 is 2. The normalized spacial score (nSPS) is 9.59. The highest BCUT2D eigenvalue weighted by molar-refractivity contribution is 5.74. The summed E-state index contributed by atoms with van der Waals surface area (Å²) in [5, 5.41) is 5.46. The van der Waals surface area contributed by atoms with Crippen molar-refractivity contribution in [2.24, 2.45) is 0 Å². The van der Waals surface area contributed by atoms with Crippen LogP contribution in [-0.2, 0) is 13.0 Å². The topological polar surface area (TPSA) is 68.8 Å². The number of para-hydroxylation sites is 1. The van der Waals surface area contributed by atoms with E-state index in [-0.39, 0.29) is 19.2 Å². The van der Waals surface area contributed by atoms with Gasteiger partial charge in [0.2, 0.25) is 0 Å². The Morgan fingerprint density at radius 3 is 2.59 bits per heavy atom. The van der Waals surface area contributed by atoms with Crippen molar-refractivity contribution in [3.05, 3.63) is 66.2 Å². The number of carbonyl (C=O) groups is 1. The van der Waals surface area contributed by atoms with Crippen LogP contribution in [0.2, 0.25) is 0 Å². The van der Waals surface area contributed by atoms with Crippen molar-refractivity contribution in [2.45, 2.75) is 13.0 Å². The van der Waals surface area contributed by atoms with Gasteiger partial charge < -0.3 is 24.8 Å². The highest BCUT2D eigenvalue weighted by Gasteiger charge is 2.05. The first-order chi connectivity index (χ1) is 14.2. The molecule has 0 spiro atoms. The van der Waals surface area contributed by atoms with E-state index in [1.165, 1.54) is 0 Å². The summed E-state index contributed by atoms with van der Waals surface area (Å²) in [4.78, 5) is 11.9. The molecule has 0 fully saturated rings. The molecule has 2 amide bonds. The molecular formula is C23H26N2O4. The SMILES string of the molecule is C=CCc1ccccc1OCC#CCNC(=O)NCc1ccc(OC)c(OC)c1. The van der Waals surface area contributed by atoms with Gasteiger partial charge in [0, 0.05) is 6.54 Å². The van der Waals surface area contributed by atoms with Crippen LogP contribution >= 0.6 is 0 Å². The van der Waals surface area contributed by atoms with Gasteiger partial charge in [-0.3, -0.25) is 0 Å². The van der Waals surface area contributed by atoms with Crippen LogP contribution in [0.15, 0.2) is 55.1 Å². The standard InChI is InChI=1S/C23H26N2O4/c1-4-9-19-10-5-6-11-20(19)29-15-8-7-14-24-23(26)25-17-18-12-13-21(27-2)22(16-18)28-3/h4-6,10-13,16H,1,9,14-15,17H2,2-3H3,(H2,24,25,26). The van der Waals surface area contributed by atoms with Gasteiger partial charge in [-0.05, 0) is 35.7 Å². The molecule has 0 heterocycles. The predicted molar refractivity (Wildman–Crippen MR) is 113 cm³/mol. The summed E-state index contributed by atoms with van der Waals surface area (Å²) in [7, 11) is 3.15. The number of urea groups is 1. The van der Waals surface area contributed by atoms with E-state index in [0.717, 1.165) is 23.3 Å². The zero-order valence-electron chi connectivity index (χ0n) is 16.8. The minimum atomic E-state index is -0.300. The number of ether oxygens (including phenoxy) is 3. The average Bonchev–Trinajstić information content (AvgIpc) is 2.75. The van der Waals surface area contributed by atoms with E-state index >= 15 is 0 Å². The minimum Gasteiger partial charge on any atom is -0.493 e. The molecule has 0 saturated heterocycles. The van der Waals surface area contributed by atoms with Gasteiger partial charge in [0.1, 0.15) is 12.4 Å². The fourth-order valence-electron chi connectivity index (χ4n) is 2.56.